The molecule has 2 aromatic carbocycles. The number of ether oxygens (including phenoxy) is 1. The number of carbonyl (C=O) groups is 1. The molecule has 0 radical (unpaired) electrons. The third kappa shape index (κ3) is 5.42. The minimum absolute atomic E-state index is 0.184. The average Bonchev–Trinajstić information content (AvgIpc) is 2.51. The highest BCUT2D eigenvalue weighted by Crippen LogP contribution is 2.09. The maximum absolute atomic E-state index is 11.6. The molecule has 0 aliphatic carbocycles. The molecule has 2 rings (SSSR count). The largest absolute Gasteiger partial charge is 0.508 e. The van der Waals surface area contributed by atoms with Gasteiger partial charge in [-0.2, -0.15) is 0 Å². The number of phenols is 1. The van der Waals surface area contributed by atoms with Gasteiger partial charge in [0.15, 0.2) is 0 Å². The maximum atomic E-state index is 11.6. The molecule has 0 unspecified atom stereocenters. The summed E-state index contributed by atoms with van der Waals surface area (Å²) in [6.07, 6.45) is 0.696. The first kappa shape index (κ1) is 14.7. The lowest BCUT2D eigenvalue weighted by molar-refractivity contribution is -0.144. The Bertz CT molecular complexity index is 651. The second-order valence-corrected chi connectivity index (χ2v) is 4.50. The van der Waals surface area contributed by atoms with Gasteiger partial charge >= 0.3 is 5.97 Å². The average molecular weight is 280 g/mol. The van der Waals surface area contributed by atoms with Crippen molar-refractivity contribution in [3.63, 3.8) is 0 Å². The predicted molar refractivity (Wildman–Crippen MR) is 80.5 cm³/mol. The normalized spacial score (nSPS) is 9.52. The van der Waals surface area contributed by atoms with Crippen LogP contribution in [0.2, 0.25) is 0 Å². The van der Waals surface area contributed by atoms with Crippen molar-refractivity contribution in [3.8, 4) is 17.6 Å². The Labute approximate surface area is 124 Å². The number of hydrogen-bond acceptors (Lipinski definition) is 3. The van der Waals surface area contributed by atoms with E-state index in [2.05, 4.69) is 11.8 Å². The summed E-state index contributed by atoms with van der Waals surface area (Å²) in [5.74, 6) is 5.72. The van der Waals surface area contributed by atoms with Crippen LogP contribution in [0.5, 0.6) is 5.75 Å². The SMILES string of the molecule is O=C(CCC#Cc1cccc(O)c1)OCc1ccccc1. The lowest BCUT2D eigenvalue weighted by atomic mass is 10.2. The molecular weight excluding hydrogens is 264 g/mol. The molecule has 0 saturated heterocycles. The minimum atomic E-state index is -0.260. The van der Waals surface area contributed by atoms with Gasteiger partial charge in [-0.3, -0.25) is 4.79 Å². The number of carbonyl (C=O) groups excluding carboxylic acids is 1. The number of aromatic hydroxyl groups is 1. The molecule has 0 aliphatic rings. The van der Waals surface area contributed by atoms with E-state index in [9.17, 15) is 9.90 Å². The van der Waals surface area contributed by atoms with Crippen LogP contribution >= 0.6 is 0 Å². The van der Waals surface area contributed by atoms with Crippen molar-refractivity contribution in [1.29, 1.82) is 0 Å². The van der Waals surface area contributed by atoms with Crippen molar-refractivity contribution in [2.24, 2.45) is 0 Å². The number of rotatable bonds is 4. The summed E-state index contributed by atoms with van der Waals surface area (Å²) in [5, 5.41) is 9.29. The molecule has 2 aromatic rings. The van der Waals surface area contributed by atoms with E-state index in [-0.39, 0.29) is 18.1 Å². The van der Waals surface area contributed by atoms with E-state index >= 15 is 0 Å². The van der Waals surface area contributed by atoms with Gasteiger partial charge in [-0.05, 0) is 23.8 Å². The molecule has 0 spiro atoms. The van der Waals surface area contributed by atoms with Crippen LogP contribution in [0.15, 0.2) is 54.6 Å². The molecule has 0 amide bonds. The van der Waals surface area contributed by atoms with Crippen molar-refractivity contribution >= 4 is 5.97 Å². The lowest BCUT2D eigenvalue weighted by Crippen LogP contribution is -2.03. The molecule has 3 heteroatoms. The first-order valence-corrected chi connectivity index (χ1v) is 6.71. The zero-order valence-electron chi connectivity index (χ0n) is 11.6. The number of esters is 1. The van der Waals surface area contributed by atoms with Crippen molar-refractivity contribution in [1.82, 2.24) is 0 Å². The van der Waals surface area contributed by atoms with Gasteiger partial charge < -0.3 is 9.84 Å². The molecule has 21 heavy (non-hydrogen) atoms. The third-order valence-corrected chi connectivity index (χ3v) is 2.78. The van der Waals surface area contributed by atoms with Crippen molar-refractivity contribution < 1.29 is 14.6 Å². The minimum Gasteiger partial charge on any atom is -0.508 e. The molecule has 0 atom stereocenters. The Morgan fingerprint density at radius 2 is 1.90 bits per heavy atom. The highest BCUT2D eigenvalue weighted by atomic mass is 16.5. The van der Waals surface area contributed by atoms with Crippen molar-refractivity contribution in [2.75, 3.05) is 0 Å². The summed E-state index contributed by atoms with van der Waals surface area (Å²) in [5.41, 5.74) is 1.70. The van der Waals surface area contributed by atoms with E-state index in [1.165, 1.54) is 0 Å². The third-order valence-electron chi connectivity index (χ3n) is 2.78. The van der Waals surface area contributed by atoms with E-state index in [4.69, 9.17) is 4.74 Å². The summed E-state index contributed by atoms with van der Waals surface area (Å²) in [4.78, 5) is 11.6. The molecule has 0 heterocycles. The second kappa shape index (κ2) is 7.76. The monoisotopic (exact) mass is 280 g/mol. The molecule has 0 aromatic heterocycles. The van der Waals surface area contributed by atoms with Gasteiger partial charge in [0.2, 0.25) is 0 Å². The van der Waals surface area contributed by atoms with Crippen LogP contribution in [0.3, 0.4) is 0 Å². The van der Waals surface area contributed by atoms with Crippen molar-refractivity contribution in [3.05, 3.63) is 65.7 Å². The van der Waals surface area contributed by atoms with Crippen LogP contribution in [-0.2, 0) is 16.1 Å². The van der Waals surface area contributed by atoms with E-state index in [1.807, 2.05) is 30.3 Å². The Balaban J connectivity index is 1.72. The van der Waals surface area contributed by atoms with Crippen molar-refractivity contribution in [2.45, 2.75) is 19.4 Å². The van der Waals surface area contributed by atoms with Gasteiger partial charge in [0, 0.05) is 12.0 Å². The van der Waals surface area contributed by atoms with E-state index in [1.54, 1.807) is 24.3 Å². The number of phenolic OH excluding ortho intramolecular Hbond substituents is 1. The van der Waals surface area contributed by atoms with Gasteiger partial charge in [0.05, 0.1) is 6.42 Å². The summed E-state index contributed by atoms with van der Waals surface area (Å²) in [7, 11) is 0. The van der Waals surface area contributed by atoms with Crippen LogP contribution < -0.4 is 0 Å². The Hall–Kier alpha value is -2.73. The zero-order chi connectivity index (χ0) is 14.9. The van der Waals surface area contributed by atoms with Gasteiger partial charge in [0.25, 0.3) is 0 Å². The molecule has 0 saturated carbocycles. The molecule has 0 aliphatic heterocycles. The molecule has 1 N–H and O–H groups in total. The zero-order valence-corrected chi connectivity index (χ0v) is 11.6. The van der Waals surface area contributed by atoms with Crippen LogP contribution in [0, 0.1) is 11.8 Å². The fourth-order valence-corrected chi connectivity index (χ4v) is 1.72. The lowest BCUT2D eigenvalue weighted by Gasteiger charge is -2.03. The van der Waals surface area contributed by atoms with Gasteiger partial charge in [-0.15, -0.1) is 0 Å². The van der Waals surface area contributed by atoms with Crippen LogP contribution in [0.4, 0.5) is 0 Å². The molecule has 3 nitrogen and oxygen atoms in total. The Morgan fingerprint density at radius 1 is 1.10 bits per heavy atom. The summed E-state index contributed by atoms with van der Waals surface area (Å²) >= 11 is 0. The fraction of sp³-hybridized carbons (Fsp3) is 0.167. The molecule has 106 valence electrons. The highest BCUT2D eigenvalue weighted by molar-refractivity contribution is 5.69. The first-order valence-electron chi connectivity index (χ1n) is 6.71. The predicted octanol–water partition coefficient (Wildman–Crippen LogP) is 3.27. The van der Waals surface area contributed by atoms with Crippen LogP contribution in [0.1, 0.15) is 24.0 Å². The highest BCUT2D eigenvalue weighted by Gasteiger charge is 2.01. The van der Waals surface area contributed by atoms with E-state index < -0.39 is 0 Å². The maximum Gasteiger partial charge on any atom is 0.307 e. The number of benzene rings is 2. The Morgan fingerprint density at radius 3 is 2.67 bits per heavy atom. The summed E-state index contributed by atoms with van der Waals surface area (Å²) < 4.78 is 5.15. The fourth-order valence-electron chi connectivity index (χ4n) is 1.72. The van der Waals surface area contributed by atoms with Gasteiger partial charge in [-0.1, -0.05) is 48.2 Å². The molecular formula is C18H16O3. The summed E-state index contributed by atoms with van der Waals surface area (Å²) in [6, 6.07) is 16.3. The van der Waals surface area contributed by atoms with Gasteiger partial charge in [-0.25, -0.2) is 0 Å². The number of hydrogen-bond donors (Lipinski definition) is 1. The van der Waals surface area contributed by atoms with Crippen LogP contribution in [-0.4, -0.2) is 11.1 Å². The van der Waals surface area contributed by atoms with E-state index in [0.29, 0.717) is 13.0 Å². The van der Waals surface area contributed by atoms with Gasteiger partial charge in [0.1, 0.15) is 12.4 Å². The molecule has 0 fully saturated rings. The topological polar surface area (TPSA) is 46.5 Å². The standard InChI is InChI=1S/C18H16O3/c19-17-11-6-10-15(13-17)7-4-5-12-18(20)21-14-16-8-2-1-3-9-16/h1-3,6,8-11,13,19H,5,12,14H2. The van der Waals surface area contributed by atoms with Crippen LogP contribution in [0.25, 0.3) is 0 Å². The second-order valence-electron chi connectivity index (χ2n) is 4.50. The van der Waals surface area contributed by atoms with E-state index in [0.717, 1.165) is 11.1 Å². The first-order chi connectivity index (χ1) is 10.2. The smallest absolute Gasteiger partial charge is 0.307 e. The summed E-state index contributed by atoms with van der Waals surface area (Å²) in [6.45, 7) is 0.291. The molecule has 0 bridgehead atoms. The quantitative estimate of drug-likeness (QED) is 0.690. The Kier molecular flexibility index (Phi) is 5.42.